The molecule has 0 aromatic heterocycles. The third-order valence-corrected chi connectivity index (χ3v) is 3.33. The van der Waals surface area contributed by atoms with Gasteiger partial charge in [0.1, 0.15) is 11.4 Å². The number of benzene rings is 1. The highest BCUT2D eigenvalue weighted by Gasteiger charge is 2.45. The Hall–Kier alpha value is -1.91. The summed E-state index contributed by atoms with van der Waals surface area (Å²) in [5, 5.41) is 2.28. The molecule has 18 heavy (non-hydrogen) atoms. The minimum atomic E-state index is -0.877. The van der Waals surface area contributed by atoms with E-state index in [2.05, 4.69) is 5.32 Å². The molecule has 2 rings (SSSR count). The molecule has 1 aliphatic heterocycles. The van der Waals surface area contributed by atoms with Gasteiger partial charge in [-0.1, -0.05) is 6.07 Å². The van der Waals surface area contributed by atoms with E-state index < -0.39 is 11.6 Å². The summed E-state index contributed by atoms with van der Waals surface area (Å²) in [5.74, 6) is -0.621. The van der Waals surface area contributed by atoms with Crippen molar-refractivity contribution >= 4 is 11.9 Å². The second-order valence-corrected chi connectivity index (χ2v) is 4.98. The number of aryl methyl sites for hydroxylation is 1. The van der Waals surface area contributed by atoms with Gasteiger partial charge in [0.05, 0.1) is 0 Å². The van der Waals surface area contributed by atoms with Crippen molar-refractivity contribution in [3.05, 3.63) is 35.1 Å². The van der Waals surface area contributed by atoms with Crippen molar-refractivity contribution in [2.45, 2.75) is 32.9 Å². The van der Waals surface area contributed by atoms with E-state index >= 15 is 0 Å². The van der Waals surface area contributed by atoms with Gasteiger partial charge in [-0.05, 0) is 44.0 Å². The summed E-state index contributed by atoms with van der Waals surface area (Å²) in [4.78, 5) is 24.8. The molecule has 96 valence electrons. The van der Waals surface area contributed by atoms with Crippen molar-refractivity contribution in [2.75, 3.05) is 0 Å². The lowest BCUT2D eigenvalue weighted by atomic mass is 10.0. The van der Waals surface area contributed by atoms with Crippen molar-refractivity contribution < 1.29 is 14.0 Å². The van der Waals surface area contributed by atoms with Crippen LogP contribution in [0.15, 0.2) is 18.2 Å². The fraction of sp³-hybridized carbons (Fsp3) is 0.385. The Balaban J connectivity index is 2.28. The fourth-order valence-electron chi connectivity index (χ4n) is 1.97. The molecule has 1 N–H and O–H groups in total. The zero-order chi connectivity index (χ0) is 13.5. The third-order valence-electron chi connectivity index (χ3n) is 3.33. The molecule has 1 aromatic rings. The summed E-state index contributed by atoms with van der Waals surface area (Å²) in [6.07, 6.45) is 0. The van der Waals surface area contributed by atoms with Crippen LogP contribution in [0.25, 0.3) is 0 Å². The lowest BCUT2D eigenvalue weighted by Crippen LogP contribution is -2.43. The molecule has 0 bridgehead atoms. The highest BCUT2D eigenvalue weighted by Crippen LogP contribution is 2.24. The number of amides is 3. The lowest BCUT2D eigenvalue weighted by molar-refractivity contribution is -0.125. The van der Waals surface area contributed by atoms with Crippen molar-refractivity contribution in [3.8, 4) is 0 Å². The van der Waals surface area contributed by atoms with Crippen LogP contribution in [0.5, 0.6) is 0 Å². The van der Waals surface area contributed by atoms with Gasteiger partial charge in [-0.15, -0.1) is 0 Å². The lowest BCUT2D eigenvalue weighted by Gasteiger charge is -2.28. The van der Waals surface area contributed by atoms with Crippen LogP contribution in [-0.2, 0) is 11.3 Å². The van der Waals surface area contributed by atoms with Crippen molar-refractivity contribution in [2.24, 2.45) is 0 Å². The zero-order valence-electron chi connectivity index (χ0n) is 10.6. The summed E-state index contributed by atoms with van der Waals surface area (Å²) < 4.78 is 13.0. The number of nitrogens with one attached hydrogen (secondary N) is 1. The molecule has 1 heterocycles. The van der Waals surface area contributed by atoms with Crippen molar-refractivity contribution in [1.82, 2.24) is 10.2 Å². The minimum Gasteiger partial charge on any atom is -0.306 e. The number of imide groups is 1. The summed E-state index contributed by atoms with van der Waals surface area (Å²) in [6, 6.07) is 3.99. The maximum atomic E-state index is 13.0. The van der Waals surface area contributed by atoms with Gasteiger partial charge in [0.25, 0.3) is 5.91 Å². The largest absolute Gasteiger partial charge is 0.325 e. The Morgan fingerprint density at radius 2 is 2.00 bits per heavy atom. The second kappa shape index (κ2) is 4.08. The molecule has 0 saturated carbocycles. The average Bonchev–Trinajstić information content (AvgIpc) is 2.44. The maximum Gasteiger partial charge on any atom is 0.325 e. The van der Waals surface area contributed by atoms with Gasteiger partial charge < -0.3 is 4.90 Å². The average molecular weight is 250 g/mol. The minimum absolute atomic E-state index is 0.288. The van der Waals surface area contributed by atoms with Crippen LogP contribution < -0.4 is 5.32 Å². The SMILES string of the molecule is Cc1cc(F)ccc1CN1C(=O)NC(=O)C1(C)C. The van der Waals surface area contributed by atoms with Gasteiger partial charge in [0.15, 0.2) is 0 Å². The number of hydrogen-bond acceptors (Lipinski definition) is 2. The Morgan fingerprint density at radius 1 is 1.33 bits per heavy atom. The molecule has 5 heteroatoms. The Morgan fingerprint density at radius 3 is 2.50 bits per heavy atom. The molecule has 0 spiro atoms. The van der Waals surface area contributed by atoms with E-state index in [1.165, 1.54) is 17.0 Å². The van der Waals surface area contributed by atoms with Crippen LogP contribution in [-0.4, -0.2) is 22.4 Å². The number of rotatable bonds is 2. The molecule has 0 atom stereocenters. The topological polar surface area (TPSA) is 49.4 Å². The molecule has 0 unspecified atom stereocenters. The molecule has 3 amide bonds. The number of carbonyl (C=O) groups excluding carboxylic acids is 2. The van der Waals surface area contributed by atoms with Crippen LogP contribution in [0.1, 0.15) is 25.0 Å². The van der Waals surface area contributed by atoms with Gasteiger partial charge in [-0.3, -0.25) is 10.1 Å². The smallest absolute Gasteiger partial charge is 0.306 e. The molecular weight excluding hydrogens is 235 g/mol. The number of halogens is 1. The fourth-order valence-corrected chi connectivity index (χ4v) is 1.97. The van der Waals surface area contributed by atoms with Gasteiger partial charge in [0, 0.05) is 6.54 Å². The van der Waals surface area contributed by atoms with Gasteiger partial charge in [-0.2, -0.15) is 0 Å². The summed E-state index contributed by atoms with van der Waals surface area (Å²) in [7, 11) is 0. The highest BCUT2D eigenvalue weighted by atomic mass is 19.1. The van der Waals surface area contributed by atoms with Crippen LogP contribution in [0.2, 0.25) is 0 Å². The first-order valence-corrected chi connectivity index (χ1v) is 5.70. The van der Waals surface area contributed by atoms with Gasteiger partial charge in [-0.25, -0.2) is 9.18 Å². The van der Waals surface area contributed by atoms with E-state index in [0.29, 0.717) is 0 Å². The number of urea groups is 1. The summed E-state index contributed by atoms with van der Waals surface area (Å²) >= 11 is 0. The van der Waals surface area contributed by atoms with E-state index in [-0.39, 0.29) is 18.3 Å². The Bertz CT molecular complexity index is 526. The van der Waals surface area contributed by atoms with E-state index in [1.807, 2.05) is 0 Å². The van der Waals surface area contributed by atoms with Crippen LogP contribution >= 0.6 is 0 Å². The van der Waals surface area contributed by atoms with Crippen molar-refractivity contribution in [1.29, 1.82) is 0 Å². The molecule has 1 fully saturated rings. The molecule has 1 aliphatic rings. The zero-order valence-corrected chi connectivity index (χ0v) is 10.6. The normalized spacial score (nSPS) is 18.1. The summed E-state index contributed by atoms with van der Waals surface area (Å²) in [6.45, 7) is 5.44. The van der Waals surface area contributed by atoms with Crippen LogP contribution in [0.4, 0.5) is 9.18 Å². The second-order valence-electron chi connectivity index (χ2n) is 4.98. The van der Waals surface area contributed by atoms with Crippen LogP contribution in [0.3, 0.4) is 0 Å². The third kappa shape index (κ3) is 1.96. The predicted molar refractivity (Wildman–Crippen MR) is 64.3 cm³/mol. The molecular formula is C13H15FN2O2. The van der Waals surface area contributed by atoms with Gasteiger partial charge >= 0.3 is 6.03 Å². The Kier molecular flexibility index (Phi) is 2.84. The predicted octanol–water partition coefficient (Wildman–Crippen LogP) is 1.96. The quantitative estimate of drug-likeness (QED) is 0.816. The number of nitrogens with zero attached hydrogens (tertiary/aromatic N) is 1. The van der Waals surface area contributed by atoms with E-state index in [9.17, 15) is 14.0 Å². The Labute approximate surface area is 105 Å². The van der Waals surface area contributed by atoms with Gasteiger partial charge in [0.2, 0.25) is 0 Å². The first kappa shape index (κ1) is 12.5. The molecule has 1 aromatic carbocycles. The van der Waals surface area contributed by atoms with E-state index in [0.717, 1.165) is 11.1 Å². The monoisotopic (exact) mass is 250 g/mol. The van der Waals surface area contributed by atoms with E-state index in [4.69, 9.17) is 0 Å². The first-order valence-electron chi connectivity index (χ1n) is 5.70. The molecule has 0 aliphatic carbocycles. The van der Waals surface area contributed by atoms with Crippen LogP contribution in [0, 0.1) is 12.7 Å². The number of carbonyl (C=O) groups is 2. The summed E-state index contributed by atoms with van der Waals surface area (Å²) in [5.41, 5.74) is 0.713. The van der Waals surface area contributed by atoms with Crippen molar-refractivity contribution in [3.63, 3.8) is 0 Å². The molecule has 1 saturated heterocycles. The molecule has 0 radical (unpaired) electrons. The standard InChI is InChI=1S/C13H15FN2O2/c1-8-6-10(14)5-4-9(8)7-16-12(18)15-11(17)13(16,2)3/h4-6H,7H2,1-3H3,(H,15,17,18). The first-order chi connectivity index (χ1) is 8.32. The number of hydrogen-bond donors (Lipinski definition) is 1. The van der Waals surface area contributed by atoms with E-state index in [1.54, 1.807) is 26.8 Å². The highest BCUT2D eigenvalue weighted by molar-refractivity contribution is 6.06. The maximum absolute atomic E-state index is 13.0. The molecule has 4 nitrogen and oxygen atoms in total.